The van der Waals surface area contributed by atoms with Crippen LogP contribution in [0.3, 0.4) is 0 Å². The first-order valence-corrected chi connectivity index (χ1v) is 9.86. The van der Waals surface area contributed by atoms with Crippen LogP contribution in [-0.2, 0) is 10.0 Å². The fourth-order valence-electron chi connectivity index (χ4n) is 3.45. The minimum absolute atomic E-state index is 0.0840. The molecule has 24 heavy (non-hydrogen) atoms. The Kier molecular flexibility index (Phi) is 4.54. The molecule has 1 saturated heterocycles. The van der Waals surface area contributed by atoms with Crippen molar-refractivity contribution in [3.05, 3.63) is 65.7 Å². The SMILES string of the molecule is Cc1ccc(S(=O)(=O)N2CCC(C)(C)C(c3ccccc3)C2)cc1. The van der Waals surface area contributed by atoms with E-state index in [2.05, 4.69) is 26.0 Å². The molecule has 0 N–H and O–H groups in total. The van der Waals surface area contributed by atoms with Crippen molar-refractivity contribution in [3.8, 4) is 0 Å². The van der Waals surface area contributed by atoms with Gasteiger partial charge in [0.25, 0.3) is 0 Å². The van der Waals surface area contributed by atoms with E-state index < -0.39 is 10.0 Å². The number of nitrogens with zero attached hydrogens (tertiary/aromatic N) is 1. The van der Waals surface area contributed by atoms with E-state index in [9.17, 15) is 8.42 Å². The molecule has 0 aromatic heterocycles. The largest absolute Gasteiger partial charge is 0.243 e. The molecular weight excluding hydrogens is 318 g/mol. The first kappa shape index (κ1) is 17.2. The maximum absolute atomic E-state index is 13.0. The fraction of sp³-hybridized carbons (Fsp3) is 0.400. The van der Waals surface area contributed by atoms with Gasteiger partial charge in [-0.3, -0.25) is 0 Å². The van der Waals surface area contributed by atoms with Crippen LogP contribution < -0.4 is 0 Å². The maximum atomic E-state index is 13.0. The zero-order valence-electron chi connectivity index (χ0n) is 14.6. The van der Waals surface area contributed by atoms with Gasteiger partial charge < -0.3 is 0 Å². The number of hydrogen-bond acceptors (Lipinski definition) is 2. The number of benzene rings is 2. The van der Waals surface area contributed by atoms with Crippen molar-refractivity contribution in [2.24, 2.45) is 5.41 Å². The molecule has 0 radical (unpaired) electrons. The average molecular weight is 343 g/mol. The zero-order valence-corrected chi connectivity index (χ0v) is 15.4. The Morgan fingerprint density at radius 1 is 1.00 bits per heavy atom. The summed E-state index contributed by atoms with van der Waals surface area (Å²) in [5.41, 5.74) is 2.36. The monoisotopic (exact) mass is 343 g/mol. The number of rotatable bonds is 3. The number of hydrogen-bond donors (Lipinski definition) is 0. The Morgan fingerprint density at radius 3 is 2.25 bits per heavy atom. The third kappa shape index (κ3) is 3.26. The number of aryl methyl sites for hydroxylation is 1. The van der Waals surface area contributed by atoms with Crippen LogP contribution in [-0.4, -0.2) is 25.8 Å². The lowest BCUT2D eigenvalue weighted by Gasteiger charge is -2.43. The van der Waals surface area contributed by atoms with Gasteiger partial charge in [-0.2, -0.15) is 4.31 Å². The Morgan fingerprint density at radius 2 is 1.62 bits per heavy atom. The van der Waals surface area contributed by atoms with Gasteiger partial charge >= 0.3 is 0 Å². The number of sulfonamides is 1. The average Bonchev–Trinajstić information content (AvgIpc) is 2.55. The van der Waals surface area contributed by atoms with Crippen molar-refractivity contribution in [1.82, 2.24) is 4.31 Å². The van der Waals surface area contributed by atoms with Crippen LogP contribution in [0.2, 0.25) is 0 Å². The summed E-state index contributed by atoms with van der Waals surface area (Å²) >= 11 is 0. The Balaban J connectivity index is 1.91. The van der Waals surface area contributed by atoms with Crippen LogP contribution in [0.25, 0.3) is 0 Å². The van der Waals surface area contributed by atoms with E-state index in [1.807, 2.05) is 37.3 Å². The number of piperidine rings is 1. The Bertz CT molecular complexity index is 795. The Hall–Kier alpha value is -1.65. The molecule has 1 fully saturated rings. The summed E-state index contributed by atoms with van der Waals surface area (Å²) in [4.78, 5) is 0.389. The topological polar surface area (TPSA) is 37.4 Å². The highest BCUT2D eigenvalue weighted by Gasteiger charge is 2.40. The van der Waals surface area contributed by atoms with Crippen LogP contribution >= 0.6 is 0 Å². The highest BCUT2D eigenvalue weighted by molar-refractivity contribution is 7.89. The highest BCUT2D eigenvalue weighted by Crippen LogP contribution is 2.43. The summed E-state index contributed by atoms with van der Waals surface area (Å²) in [6.07, 6.45) is 0.859. The quantitative estimate of drug-likeness (QED) is 0.837. The first-order valence-electron chi connectivity index (χ1n) is 8.42. The molecular formula is C20H25NO2S. The van der Waals surface area contributed by atoms with Crippen LogP contribution in [0.1, 0.15) is 37.3 Å². The summed E-state index contributed by atoms with van der Waals surface area (Å²) in [6.45, 7) is 7.55. The smallest absolute Gasteiger partial charge is 0.207 e. The highest BCUT2D eigenvalue weighted by atomic mass is 32.2. The molecule has 0 aliphatic carbocycles. The molecule has 1 atom stereocenters. The van der Waals surface area contributed by atoms with Crippen LogP contribution in [0.15, 0.2) is 59.5 Å². The molecule has 2 aromatic carbocycles. The van der Waals surface area contributed by atoms with E-state index in [4.69, 9.17) is 0 Å². The van der Waals surface area contributed by atoms with Gasteiger partial charge in [-0.15, -0.1) is 0 Å². The molecule has 3 nitrogen and oxygen atoms in total. The van der Waals surface area contributed by atoms with Gasteiger partial charge in [0.15, 0.2) is 0 Å². The summed E-state index contributed by atoms with van der Waals surface area (Å²) < 4.78 is 27.7. The molecule has 1 aliphatic rings. The van der Waals surface area contributed by atoms with Gasteiger partial charge in [-0.05, 0) is 36.5 Å². The van der Waals surface area contributed by atoms with Crippen molar-refractivity contribution < 1.29 is 8.42 Å². The van der Waals surface area contributed by atoms with Crippen LogP contribution in [0.5, 0.6) is 0 Å². The molecule has 128 valence electrons. The van der Waals surface area contributed by atoms with Gasteiger partial charge in [0.1, 0.15) is 0 Å². The minimum atomic E-state index is -3.44. The van der Waals surface area contributed by atoms with Crippen LogP contribution in [0, 0.1) is 12.3 Å². The normalized spacial score (nSPS) is 21.5. The first-order chi connectivity index (χ1) is 11.3. The molecule has 0 amide bonds. The third-order valence-electron chi connectivity index (χ3n) is 5.20. The minimum Gasteiger partial charge on any atom is -0.207 e. The predicted octanol–water partition coefficient (Wildman–Crippen LogP) is 4.20. The predicted molar refractivity (Wildman–Crippen MR) is 97.5 cm³/mol. The lowest BCUT2D eigenvalue weighted by Crippen LogP contribution is -2.46. The van der Waals surface area contributed by atoms with Gasteiger partial charge in [0.2, 0.25) is 10.0 Å². The molecule has 1 aliphatic heterocycles. The molecule has 0 spiro atoms. The molecule has 1 heterocycles. The van der Waals surface area contributed by atoms with Gasteiger partial charge in [0.05, 0.1) is 4.90 Å². The van der Waals surface area contributed by atoms with E-state index >= 15 is 0 Å². The summed E-state index contributed by atoms with van der Waals surface area (Å²) in [5, 5.41) is 0. The van der Waals surface area contributed by atoms with Crippen molar-refractivity contribution in [2.45, 2.75) is 38.0 Å². The van der Waals surface area contributed by atoms with Crippen molar-refractivity contribution in [3.63, 3.8) is 0 Å². The van der Waals surface area contributed by atoms with E-state index in [1.54, 1.807) is 16.4 Å². The maximum Gasteiger partial charge on any atom is 0.243 e. The molecule has 2 aromatic rings. The molecule has 4 heteroatoms. The van der Waals surface area contributed by atoms with Crippen molar-refractivity contribution in [2.75, 3.05) is 13.1 Å². The second-order valence-corrected chi connectivity index (χ2v) is 9.32. The fourth-order valence-corrected chi connectivity index (χ4v) is 4.90. The molecule has 1 unspecified atom stereocenters. The zero-order chi connectivity index (χ0) is 17.4. The second-order valence-electron chi connectivity index (χ2n) is 7.38. The van der Waals surface area contributed by atoms with Crippen molar-refractivity contribution in [1.29, 1.82) is 0 Å². The van der Waals surface area contributed by atoms with Crippen LogP contribution in [0.4, 0.5) is 0 Å². The summed E-state index contributed by atoms with van der Waals surface area (Å²) in [5.74, 6) is 0.202. The Labute approximate surface area is 145 Å². The third-order valence-corrected chi connectivity index (χ3v) is 7.08. The van der Waals surface area contributed by atoms with Gasteiger partial charge in [0, 0.05) is 19.0 Å². The van der Waals surface area contributed by atoms with Gasteiger partial charge in [-0.1, -0.05) is 61.9 Å². The van der Waals surface area contributed by atoms with E-state index in [0.717, 1.165) is 12.0 Å². The molecule has 0 bridgehead atoms. The molecule has 3 rings (SSSR count). The lowest BCUT2D eigenvalue weighted by molar-refractivity contribution is 0.158. The van der Waals surface area contributed by atoms with Gasteiger partial charge in [-0.25, -0.2) is 8.42 Å². The van der Waals surface area contributed by atoms with E-state index in [1.165, 1.54) is 5.56 Å². The molecule has 0 saturated carbocycles. The second kappa shape index (κ2) is 6.34. The summed E-state index contributed by atoms with van der Waals surface area (Å²) in [6, 6.07) is 17.4. The van der Waals surface area contributed by atoms with E-state index in [-0.39, 0.29) is 11.3 Å². The summed E-state index contributed by atoms with van der Waals surface area (Å²) in [7, 11) is -3.44. The van der Waals surface area contributed by atoms with E-state index in [0.29, 0.717) is 18.0 Å². The standard InChI is InChI=1S/C20H25NO2S/c1-16-9-11-18(12-10-16)24(22,23)21-14-13-20(2,3)19(15-21)17-7-5-4-6-8-17/h4-12,19H,13-15H2,1-3H3. The van der Waals surface area contributed by atoms with Crippen molar-refractivity contribution >= 4 is 10.0 Å². The lowest BCUT2D eigenvalue weighted by atomic mass is 9.71.